The summed E-state index contributed by atoms with van der Waals surface area (Å²) in [6.45, 7) is 3.12. The lowest BCUT2D eigenvalue weighted by molar-refractivity contribution is 0.0943. The molecule has 0 spiro atoms. The Morgan fingerprint density at radius 2 is 1.93 bits per heavy atom. The van der Waals surface area contributed by atoms with Crippen LogP contribution in [0.1, 0.15) is 5.56 Å². The number of likely N-dealkylation sites (N-methyl/N-ethyl adjacent to an activating group) is 1. The van der Waals surface area contributed by atoms with Crippen molar-refractivity contribution in [3.05, 3.63) is 35.9 Å². The van der Waals surface area contributed by atoms with E-state index in [1.807, 2.05) is 30.1 Å². The van der Waals surface area contributed by atoms with Crippen molar-refractivity contribution in [2.75, 3.05) is 33.4 Å². The van der Waals surface area contributed by atoms with Crippen molar-refractivity contribution in [3.63, 3.8) is 0 Å². The van der Waals surface area contributed by atoms with E-state index in [0.29, 0.717) is 19.8 Å². The van der Waals surface area contributed by atoms with E-state index in [4.69, 9.17) is 9.84 Å². The van der Waals surface area contributed by atoms with Gasteiger partial charge >= 0.3 is 0 Å². The van der Waals surface area contributed by atoms with Crippen LogP contribution in [0.3, 0.4) is 0 Å². The summed E-state index contributed by atoms with van der Waals surface area (Å²) in [7, 11) is 1.97. The van der Waals surface area contributed by atoms with Crippen molar-refractivity contribution in [3.8, 4) is 0 Å². The van der Waals surface area contributed by atoms with Gasteiger partial charge in [0.2, 0.25) is 0 Å². The van der Waals surface area contributed by atoms with Crippen LogP contribution in [0, 0.1) is 0 Å². The third-order valence-corrected chi connectivity index (χ3v) is 2.21. The largest absolute Gasteiger partial charge is 0.395 e. The molecule has 0 aliphatic heterocycles. The molecule has 0 unspecified atom stereocenters. The molecule has 0 fully saturated rings. The van der Waals surface area contributed by atoms with Crippen LogP contribution in [0.25, 0.3) is 0 Å². The van der Waals surface area contributed by atoms with Crippen molar-refractivity contribution in [1.82, 2.24) is 4.90 Å². The number of aliphatic hydroxyl groups excluding tert-OH is 1. The van der Waals surface area contributed by atoms with Crippen LogP contribution >= 0.6 is 0 Å². The van der Waals surface area contributed by atoms with Gasteiger partial charge in [-0.1, -0.05) is 30.3 Å². The second kappa shape index (κ2) is 7.40. The minimum Gasteiger partial charge on any atom is -0.395 e. The number of nitrogens with zero attached hydrogens (tertiary/aromatic N) is 1. The van der Waals surface area contributed by atoms with Gasteiger partial charge in [-0.25, -0.2) is 0 Å². The molecule has 3 heteroatoms. The molecule has 0 atom stereocenters. The molecule has 1 N–H and O–H groups in total. The Morgan fingerprint density at radius 1 is 1.20 bits per heavy atom. The summed E-state index contributed by atoms with van der Waals surface area (Å²) < 4.78 is 5.51. The molecule has 0 bridgehead atoms. The summed E-state index contributed by atoms with van der Waals surface area (Å²) in [5.41, 5.74) is 1.20. The predicted molar refractivity (Wildman–Crippen MR) is 60.7 cm³/mol. The second-order valence-corrected chi connectivity index (χ2v) is 3.57. The fourth-order valence-corrected chi connectivity index (χ4v) is 1.27. The molecule has 15 heavy (non-hydrogen) atoms. The monoisotopic (exact) mass is 209 g/mol. The number of hydrogen-bond acceptors (Lipinski definition) is 3. The van der Waals surface area contributed by atoms with Gasteiger partial charge in [0.1, 0.15) is 0 Å². The Morgan fingerprint density at radius 3 is 2.60 bits per heavy atom. The van der Waals surface area contributed by atoms with Gasteiger partial charge in [0, 0.05) is 13.1 Å². The maximum atomic E-state index is 8.69. The summed E-state index contributed by atoms with van der Waals surface area (Å²) in [5, 5.41) is 8.69. The van der Waals surface area contributed by atoms with E-state index >= 15 is 0 Å². The molecule has 0 amide bonds. The van der Waals surface area contributed by atoms with Crippen LogP contribution < -0.4 is 0 Å². The lowest BCUT2D eigenvalue weighted by Gasteiger charge is -2.14. The molecule has 0 aliphatic carbocycles. The van der Waals surface area contributed by atoms with Gasteiger partial charge in [-0.15, -0.1) is 0 Å². The van der Waals surface area contributed by atoms with Crippen LogP contribution in [-0.2, 0) is 11.3 Å². The predicted octanol–water partition coefficient (Wildman–Crippen LogP) is 1.13. The van der Waals surface area contributed by atoms with Gasteiger partial charge in [0.05, 0.1) is 19.8 Å². The molecule has 0 heterocycles. The quantitative estimate of drug-likeness (QED) is 0.683. The summed E-state index contributed by atoms with van der Waals surface area (Å²) in [5.74, 6) is 0. The van der Waals surface area contributed by atoms with Gasteiger partial charge < -0.3 is 14.7 Å². The first-order valence-electron chi connectivity index (χ1n) is 5.24. The zero-order valence-corrected chi connectivity index (χ0v) is 9.22. The first-order chi connectivity index (χ1) is 7.33. The highest BCUT2D eigenvalue weighted by molar-refractivity contribution is 5.13. The van der Waals surface area contributed by atoms with E-state index < -0.39 is 0 Å². The van der Waals surface area contributed by atoms with E-state index in [0.717, 1.165) is 6.54 Å². The molecule has 3 nitrogen and oxygen atoms in total. The van der Waals surface area contributed by atoms with Crippen molar-refractivity contribution >= 4 is 0 Å². The van der Waals surface area contributed by atoms with Gasteiger partial charge in [0.15, 0.2) is 0 Å². The number of ether oxygens (including phenoxy) is 1. The molecule has 1 rings (SSSR count). The summed E-state index contributed by atoms with van der Waals surface area (Å²) >= 11 is 0. The Hall–Kier alpha value is -0.900. The molecule has 0 saturated carbocycles. The van der Waals surface area contributed by atoms with Crippen LogP contribution in [0.2, 0.25) is 0 Å². The third kappa shape index (κ3) is 5.52. The zero-order valence-electron chi connectivity index (χ0n) is 9.22. The number of rotatable bonds is 7. The molecule has 0 aromatic heterocycles. The maximum absolute atomic E-state index is 8.69. The fraction of sp³-hybridized carbons (Fsp3) is 0.500. The van der Waals surface area contributed by atoms with E-state index in [2.05, 4.69) is 12.1 Å². The second-order valence-electron chi connectivity index (χ2n) is 3.57. The van der Waals surface area contributed by atoms with Gasteiger partial charge in [-0.05, 0) is 12.6 Å². The maximum Gasteiger partial charge on any atom is 0.0717 e. The van der Waals surface area contributed by atoms with Crippen LogP contribution in [0.5, 0.6) is 0 Å². The highest BCUT2D eigenvalue weighted by Crippen LogP contribution is 2.00. The zero-order chi connectivity index (χ0) is 10.9. The van der Waals surface area contributed by atoms with E-state index in [1.165, 1.54) is 5.56 Å². The van der Waals surface area contributed by atoms with Crippen molar-refractivity contribution in [2.45, 2.75) is 6.61 Å². The number of aliphatic hydroxyl groups is 1. The molecule has 1 aromatic carbocycles. The van der Waals surface area contributed by atoms with Crippen molar-refractivity contribution < 1.29 is 9.84 Å². The van der Waals surface area contributed by atoms with Crippen LogP contribution in [0.15, 0.2) is 30.3 Å². The van der Waals surface area contributed by atoms with E-state index in [9.17, 15) is 0 Å². The number of benzene rings is 1. The molecule has 1 aromatic rings. The summed E-state index contributed by atoms with van der Waals surface area (Å²) in [6, 6.07) is 10.1. The Labute approximate surface area is 91.3 Å². The molecule has 0 aliphatic rings. The van der Waals surface area contributed by atoms with E-state index in [-0.39, 0.29) is 6.61 Å². The van der Waals surface area contributed by atoms with Gasteiger partial charge in [-0.3, -0.25) is 0 Å². The lowest BCUT2D eigenvalue weighted by Crippen LogP contribution is -2.26. The first-order valence-corrected chi connectivity index (χ1v) is 5.24. The Kier molecular flexibility index (Phi) is 6.00. The highest BCUT2D eigenvalue weighted by atomic mass is 16.5. The molecular formula is C12H19NO2. The fourth-order valence-electron chi connectivity index (χ4n) is 1.27. The Balaban J connectivity index is 2.07. The highest BCUT2D eigenvalue weighted by Gasteiger charge is 1.96. The minimum atomic E-state index is 0.204. The summed E-state index contributed by atoms with van der Waals surface area (Å²) in [4.78, 5) is 2.05. The van der Waals surface area contributed by atoms with Gasteiger partial charge in [0.25, 0.3) is 0 Å². The van der Waals surface area contributed by atoms with Crippen molar-refractivity contribution in [1.29, 1.82) is 0 Å². The average Bonchev–Trinajstić information content (AvgIpc) is 2.26. The molecular weight excluding hydrogens is 190 g/mol. The number of hydrogen-bond donors (Lipinski definition) is 1. The first kappa shape index (κ1) is 12.2. The van der Waals surface area contributed by atoms with Crippen molar-refractivity contribution in [2.24, 2.45) is 0 Å². The van der Waals surface area contributed by atoms with Gasteiger partial charge in [-0.2, -0.15) is 0 Å². The normalized spacial score (nSPS) is 10.9. The SMILES string of the molecule is CN(CCO)CCOCc1ccccc1. The van der Waals surface area contributed by atoms with Crippen LogP contribution in [0.4, 0.5) is 0 Å². The van der Waals surface area contributed by atoms with Crippen LogP contribution in [-0.4, -0.2) is 43.4 Å². The minimum absolute atomic E-state index is 0.204. The standard InChI is InChI=1S/C12H19NO2/c1-13(7-9-14)8-10-15-11-12-5-3-2-4-6-12/h2-6,14H,7-11H2,1H3. The Bertz CT molecular complexity index is 251. The third-order valence-electron chi connectivity index (χ3n) is 2.21. The average molecular weight is 209 g/mol. The molecule has 0 saturated heterocycles. The lowest BCUT2D eigenvalue weighted by atomic mass is 10.2. The summed E-state index contributed by atoms with van der Waals surface area (Å²) in [6.07, 6.45) is 0. The smallest absolute Gasteiger partial charge is 0.0717 e. The topological polar surface area (TPSA) is 32.7 Å². The van der Waals surface area contributed by atoms with E-state index in [1.54, 1.807) is 0 Å². The molecule has 0 radical (unpaired) electrons. The molecule has 84 valence electrons.